The fourth-order valence-corrected chi connectivity index (χ4v) is 4.97. The number of carboxylic acid groups (broad SMARTS) is 2. The molecule has 0 aliphatic rings. The van der Waals surface area contributed by atoms with Crippen molar-refractivity contribution in [1.82, 2.24) is 20.9 Å². The number of nitrogens with two attached hydrogens (primary N) is 1. The van der Waals surface area contributed by atoms with E-state index in [1.54, 1.807) is 42.6 Å². The lowest BCUT2D eigenvalue weighted by atomic mass is 10.0. The van der Waals surface area contributed by atoms with Crippen LogP contribution in [0.2, 0.25) is 0 Å². The van der Waals surface area contributed by atoms with Gasteiger partial charge in [0.15, 0.2) is 0 Å². The molecule has 0 aliphatic carbocycles. The van der Waals surface area contributed by atoms with E-state index in [1.807, 2.05) is 18.2 Å². The van der Waals surface area contributed by atoms with Gasteiger partial charge in [-0.15, -0.1) is 0 Å². The largest absolute Gasteiger partial charge is 0.508 e. The first-order valence-corrected chi connectivity index (χ1v) is 14.5. The van der Waals surface area contributed by atoms with Gasteiger partial charge in [0.1, 0.15) is 23.9 Å². The number of carboxylic acids is 2. The van der Waals surface area contributed by atoms with E-state index in [0.717, 1.165) is 16.5 Å². The summed E-state index contributed by atoms with van der Waals surface area (Å²) in [5.74, 6) is -5.38. The van der Waals surface area contributed by atoms with Crippen LogP contribution in [0, 0.1) is 0 Å². The van der Waals surface area contributed by atoms with Gasteiger partial charge in [0.2, 0.25) is 17.7 Å². The molecular formula is C33H35N5O8. The van der Waals surface area contributed by atoms with E-state index in [0.29, 0.717) is 11.1 Å². The number of para-hydroxylation sites is 1. The van der Waals surface area contributed by atoms with Crippen LogP contribution in [0.15, 0.2) is 85.1 Å². The van der Waals surface area contributed by atoms with Crippen molar-refractivity contribution in [2.75, 3.05) is 0 Å². The molecule has 0 radical (unpaired) electrons. The number of phenolic OH excluding ortho intramolecular Hbond substituents is 1. The lowest BCUT2D eigenvalue weighted by molar-refractivity contribution is -0.143. The zero-order chi connectivity index (χ0) is 33.2. The number of carbonyl (C=O) groups excluding carboxylic acids is 3. The van der Waals surface area contributed by atoms with Crippen LogP contribution in [-0.4, -0.2) is 74.1 Å². The van der Waals surface area contributed by atoms with Crippen molar-refractivity contribution in [2.24, 2.45) is 5.73 Å². The number of carbonyl (C=O) groups is 5. The SMILES string of the molecule is N[C@@H](Cc1ccccc1)C(=O)N[C@@H](Cc1ccc(O)cc1)C(=O)N[C@@H](CC(=O)O)C(=O)N[C@@H](Cc1c[nH]c2ccccc12)C(=O)O. The summed E-state index contributed by atoms with van der Waals surface area (Å²) < 4.78 is 0. The van der Waals surface area contributed by atoms with Gasteiger partial charge in [-0.1, -0.05) is 60.7 Å². The van der Waals surface area contributed by atoms with Crippen molar-refractivity contribution in [2.45, 2.75) is 49.9 Å². The van der Waals surface area contributed by atoms with E-state index < -0.39 is 60.2 Å². The highest BCUT2D eigenvalue weighted by Crippen LogP contribution is 2.19. The zero-order valence-electron chi connectivity index (χ0n) is 24.7. The Bertz CT molecular complexity index is 1690. The molecule has 4 atom stereocenters. The summed E-state index contributed by atoms with van der Waals surface area (Å²) in [5, 5.41) is 37.1. The van der Waals surface area contributed by atoms with Crippen LogP contribution in [0.5, 0.6) is 5.75 Å². The van der Waals surface area contributed by atoms with Crippen LogP contribution in [-0.2, 0) is 43.2 Å². The maximum atomic E-state index is 13.5. The number of fused-ring (bicyclic) bond motifs is 1. The molecule has 0 saturated heterocycles. The monoisotopic (exact) mass is 629 g/mol. The maximum Gasteiger partial charge on any atom is 0.326 e. The Hall–Kier alpha value is -5.69. The van der Waals surface area contributed by atoms with Crippen LogP contribution in [0.1, 0.15) is 23.1 Å². The summed E-state index contributed by atoms with van der Waals surface area (Å²) in [6.07, 6.45) is 0.747. The molecule has 9 N–H and O–H groups in total. The molecule has 3 aromatic carbocycles. The van der Waals surface area contributed by atoms with Gasteiger partial charge in [0, 0.05) is 29.9 Å². The smallest absolute Gasteiger partial charge is 0.326 e. The second-order valence-corrected chi connectivity index (χ2v) is 10.9. The average molecular weight is 630 g/mol. The minimum Gasteiger partial charge on any atom is -0.508 e. The van der Waals surface area contributed by atoms with Crippen molar-refractivity contribution in [3.63, 3.8) is 0 Å². The number of H-pyrrole nitrogens is 1. The van der Waals surface area contributed by atoms with E-state index >= 15 is 0 Å². The standard InChI is InChI=1S/C33H35N5O8/c34-24(14-19-6-2-1-3-7-19)30(42)36-26(15-20-10-12-22(39)13-11-20)31(43)37-27(17-29(40)41)32(44)38-28(33(45)46)16-21-18-35-25-9-5-4-8-23(21)25/h1-13,18,24,26-28,35,39H,14-17,34H2,(H,36,42)(H,37,43)(H,38,44)(H,40,41)(H,45,46)/t24-,26-,27-,28-/m0/s1. The zero-order valence-corrected chi connectivity index (χ0v) is 24.7. The van der Waals surface area contributed by atoms with Gasteiger partial charge < -0.3 is 42.0 Å². The van der Waals surface area contributed by atoms with Gasteiger partial charge in [-0.3, -0.25) is 19.2 Å². The van der Waals surface area contributed by atoms with Crippen LogP contribution >= 0.6 is 0 Å². The predicted molar refractivity (Wildman–Crippen MR) is 168 cm³/mol. The Morgan fingerprint density at radius 2 is 1.26 bits per heavy atom. The molecule has 13 nitrogen and oxygen atoms in total. The Labute approximate surface area is 263 Å². The molecule has 46 heavy (non-hydrogen) atoms. The minimum atomic E-state index is -1.67. The summed E-state index contributed by atoms with van der Waals surface area (Å²) in [7, 11) is 0. The Morgan fingerprint density at radius 3 is 1.93 bits per heavy atom. The molecule has 0 unspecified atom stereocenters. The second-order valence-electron chi connectivity index (χ2n) is 10.9. The Balaban J connectivity index is 1.50. The number of phenols is 1. The number of rotatable bonds is 15. The van der Waals surface area contributed by atoms with E-state index in [2.05, 4.69) is 20.9 Å². The summed E-state index contributed by atoms with van der Waals surface area (Å²) in [6, 6.07) is 16.6. The second kappa shape index (κ2) is 15.3. The Kier molecular flexibility index (Phi) is 11.1. The van der Waals surface area contributed by atoms with Gasteiger partial charge in [-0.25, -0.2) is 4.79 Å². The highest BCUT2D eigenvalue weighted by Gasteiger charge is 2.32. The number of hydrogen-bond acceptors (Lipinski definition) is 7. The molecular weight excluding hydrogens is 594 g/mol. The molecule has 0 aliphatic heterocycles. The van der Waals surface area contributed by atoms with Gasteiger partial charge >= 0.3 is 11.9 Å². The van der Waals surface area contributed by atoms with Crippen LogP contribution in [0.3, 0.4) is 0 Å². The highest BCUT2D eigenvalue weighted by atomic mass is 16.4. The summed E-state index contributed by atoms with van der Waals surface area (Å²) >= 11 is 0. The van der Waals surface area contributed by atoms with E-state index in [4.69, 9.17) is 5.73 Å². The number of aliphatic carboxylic acids is 2. The number of aromatic hydroxyl groups is 1. The molecule has 1 heterocycles. The van der Waals surface area contributed by atoms with Crippen molar-refractivity contribution in [3.8, 4) is 5.75 Å². The number of nitrogens with one attached hydrogen (secondary N) is 4. The van der Waals surface area contributed by atoms with Gasteiger partial charge in [0.25, 0.3) is 0 Å². The van der Waals surface area contributed by atoms with Crippen molar-refractivity contribution >= 4 is 40.6 Å². The number of aromatic nitrogens is 1. The molecule has 3 amide bonds. The molecule has 0 spiro atoms. The van der Waals surface area contributed by atoms with Gasteiger partial charge in [0.05, 0.1) is 12.5 Å². The van der Waals surface area contributed by atoms with E-state index in [9.17, 15) is 39.3 Å². The van der Waals surface area contributed by atoms with Crippen LogP contribution < -0.4 is 21.7 Å². The molecule has 240 valence electrons. The molecule has 13 heteroatoms. The van der Waals surface area contributed by atoms with Gasteiger partial charge in [-0.05, 0) is 41.3 Å². The van der Waals surface area contributed by atoms with E-state index in [-0.39, 0.29) is 25.0 Å². The fourth-order valence-electron chi connectivity index (χ4n) is 4.97. The maximum absolute atomic E-state index is 13.5. The molecule has 0 bridgehead atoms. The van der Waals surface area contributed by atoms with Gasteiger partial charge in [-0.2, -0.15) is 0 Å². The third-order valence-corrected chi connectivity index (χ3v) is 7.37. The summed E-state index contributed by atoms with van der Waals surface area (Å²) in [6.45, 7) is 0. The third kappa shape index (κ3) is 9.16. The lowest BCUT2D eigenvalue weighted by Gasteiger charge is -2.25. The number of amides is 3. The molecule has 4 rings (SSSR count). The predicted octanol–water partition coefficient (Wildman–Crippen LogP) is 1.24. The first kappa shape index (κ1) is 33.2. The van der Waals surface area contributed by atoms with E-state index in [1.165, 1.54) is 24.3 Å². The summed E-state index contributed by atoms with van der Waals surface area (Å²) in [5.41, 5.74) is 8.85. The summed E-state index contributed by atoms with van der Waals surface area (Å²) in [4.78, 5) is 66.7. The number of hydrogen-bond donors (Lipinski definition) is 8. The van der Waals surface area contributed by atoms with Crippen LogP contribution in [0.4, 0.5) is 0 Å². The molecule has 1 aromatic heterocycles. The highest BCUT2D eigenvalue weighted by molar-refractivity contribution is 5.96. The first-order chi connectivity index (χ1) is 22.0. The van der Waals surface area contributed by atoms with Crippen molar-refractivity contribution in [3.05, 3.63) is 102 Å². The topological polar surface area (TPSA) is 224 Å². The molecule has 0 saturated carbocycles. The normalized spacial score (nSPS) is 13.6. The lowest BCUT2D eigenvalue weighted by Crippen LogP contribution is -2.58. The Morgan fingerprint density at radius 1 is 0.674 bits per heavy atom. The van der Waals surface area contributed by atoms with Crippen molar-refractivity contribution in [1.29, 1.82) is 0 Å². The van der Waals surface area contributed by atoms with Crippen molar-refractivity contribution < 1.29 is 39.3 Å². The minimum absolute atomic E-state index is 0.0162. The fraction of sp³-hybridized carbons (Fsp3) is 0.242. The molecule has 4 aromatic rings. The molecule has 0 fully saturated rings. The van der Waals surface area contributed by atoms with Crippen LogP contribution in [0.25, 0.3) is 10.9 Å². The number of aromatic amines is 1. The quantitative estimate of drug-likeness (QED) is 0.0946. The number of benzene rings is 3. The average Bonchev–Trinajstić information content (AvgIpc) is 3.43. The third-order valence-electron chi connectivity index (χ3n) is 7.37. The first-order valence-electron chi connectivity index (χ1n) is 14.5.